The molecular weight excluding hydrogens is 596 g/mol. The van der Waals surface area contributed by atoms with E-state index < -0.39 is 11.6 Å². The number of esters is 1. The van der Waals surface area contributed by atoms with Crippen LogP contribution in [-0.4, -0.2) is 35.3 Å². The summed E-state index contributed by atoms with van der Waals surface area (Å²) in [5, 5.41) is 14.8. The number of methoxy groups -OCH3 is 1. The van der Waals surface area contributed by atoms with Crippen LogP contribution in [0.15, 0.2) is 54.2 Å². The first-order chi connectivity index (χ1) is 22.0. The molecule has 0 radical (unpaired) electrons. The number of hydrogen-bond donors (Lipinski definition) is 2. The summed E-state index contributed by atoms with van der Waals surface area (Å²) in [5.74, 6) is 1.46. The smallest absolute Gasteiger partial charge is 0.331 e. The summed E-state index contributed by atoms with van der Waals surface area (Å²) in [7, 11) is 1.46. The van der Waals surface area contributed by atoms with Crippen molar-refractivity contribution < 1.29 is 19.4 Å². The van der Waals surface area contributed by atoms with Crippen molar-refractivity contribution >= 4 is 29.3 Å². The quantitative estimate of drug-likeness (QED) is 0.227. The number of aryl methyl sites for hydroxylation is 2. The standard InChI is InChI=1S/C39H47ClN2O4/c1-24(23-46-35-12-17-41-34-11-6-8-25(2)36(34)35)18-29-21-32-26(3)19-28(27(4)43)20-33(32)38(29)13-15-39(16-14-38,37(44)45-5)42-31-10-7-9-30(40)22-31/h7,9-10,12,17,19-22,24-25,27,42-43H,6,8,11,13-16,18,23H2,1-5H3/t24-,25-,27?,38?,39?/m1/s1. The second-order valence-electron chi connectivity index (χ2n) is 14.0. The molecule has 2 N–H and O–H groups in total. The van der Waals surface area contributed by atoms with Gasteiger partial charge in [0.2, 0.25) is 0 Å². The van der Waals surface area contributed by atoms with Crippen molar-refractivity contribution in [2.75, 3.05) is 19.0 Å². The van der Waals surface area contributed by atoms with Gasteiger partial charge in [0, 0.05) is 33.6 Å². The van der Waals surface area contributed by atoms with Crippen molar-refractivity contribution in [1.29, 1.82) is 0 Å². The molecule has 1 heterocycles. The predicted octanol–water partition coefficient (Wildman–Crippen LogP) is 8.87. The number of nitrogens with one attached hydrogen (secondary N) is 1. The van der Waals surface area contributed by atoms with E-state index in [1.54, 1.807) is 0 Å². The number of hydrogen-bond acceptors (Lipinski definition) is 6. The first-order valence-electron chi connectivity index (χ1n) is 16.8. The van der Waals surface area contributed by atoms with Crippen molar-refractivity contribution in [3.05, 3.63) is 92.8 Å². The lowest BCUT2D eigenvalue weighted by Crippen LogP contribution is -2.52. The number of rotatable bonds is 9. The number of anilines is 1. The number of benzene rings is 2. The minimum absolute atomic E-state index is 0.239. The summed E-state index contributed by atoms with van der Waals surface area (Å²) in [6.07, 6.45) is 10.7. The lowest BCUT2D eigenvalue weighted by molar-refractivity contribution is -0.147. The highest BCUT2D eigenvalue weighted by atomic mass is 35.5. The summed E-state index contributed by atoms with van der Waals surface area (Å²) < 4.78 is 11.9. The van der Waals surface area contributed by atoms with Crippen molar-refractivity contribution in [2.24, 2.45) is 5.92 Å². The molecule has 1 fully saturated rings. The van der Waals surface area contributed by atoms with Crippen LogP contribution in [0.2, 0.25) is 5.02 Å². The number of aliphatic hydroxyl groups is 1. The monoisotopic (exact) mass is 642 g/mol. The Balaban J connectivity index is 1.28. The molecule has 6 nitrogen and oxygen atoms in total. The van der Waals surface area contributed by atoms with E-state index in [-0.39, 0.29) is 17.3 Å². The number of ether oxygens (including phenoxy) is 2. The van der Waals surface area contributed by atoms with Gasteiger partial charge in [0.05, 0.1) is 19.8 Å². The van der Waals surface area contributed by atoms with Crippen LogP contribution in [0.5, 0.6) is 5.75 Å². The molecule has 7 heteroatoms. The van der Waals surface area contributed by atoms with Crippen molar-refractivity contribution in [3.8, 4) is 5.75 Å². The molecule has 1 aromatic heterocycles. The maximum Gasteiger partial charge on any atom is 0.331 e. The average Bonchev–Trinajstić information content (AvgIpc) is 3.33. The van der Waals surface area contributed by atoms with E-state index in [9.17, 15) is 9.90 Å². The molecule has 46 heavy (non-hydrogen) atoms. The first kappa shape index (κ1) is 32.6. The fourth-order valence-electron chi connectivity index (χ4n) is 8.24. The number of allylic oxidation sites excluding steroid dienone is 1. The number of pyridine rings is 1. The summed E-state index contributed by atoms with van der Waals surface area (Å²) >= 11 is 6.31. The number of halogens is 1. The fraction of sp³-hybridized carbons (Fsp3) is 0.487. The number of fused-ring (bicyclic) bond motifs is 3. The van der Waals surface area contributed by atoms with Gasteiger partial charge in [0.25, 0.3) is 0 Å². The lowest BCUT2D eigenvalue weighted by atomic mass is 9.61. The van der Waals surface area contributed by atoms with Gasteiger partial charge in [-0.05, 0) is 124 Å². The molecule has 3 atom stereocenters. The topological polar surface area (TPSA) is 80.7 Å². The van der Waals surface area contributed by atoms with Gasteiger partial charge in [0.15, 0.2) is 0 Å². The third kappa shape index (κ3) is 6.06. The van der Waals surface area contributed by atoms with Gasteiger partial charge in [-0.2, -0.15) is 0 Å². The molecule has 2 aromatic carbocycles. The molecule has 0 amide bonds. The number of aliphatic hydroxyl groups excluding tert-OH is 1. The van der Waals surface area contributed by atoms with E-state index in [0.717, 1.165) is 42.7 Å². The molecule has 0 saturated heterocycles. The molecule has 0 aliphatic heterocycles. The van der Waals surface area contributed by atoms with Crippen LogP contribution in [0.3, 0.4) is 0 Å². The summed E-state index contributed by atoms with van der Waals surface area (Å²) in [5.41, 5.74) is 8.18. The zero-order valence-electron chi connectivity index (χ0n) is 27.8. The predicted molar refractivity (Wildman–Crippen MR) is 185 cm³/mol. The van der Waals surface area contributed by atoms with E-state index in [1.807, 2.05) is 43.5 Å². The molecule has 3 aromatic rings. The Labute approximate surface area is 278 Å². The highest BCUT2D eigenvalue weighted by Gasteiger charge is 2.52. The summed E-state index contributed by atoms with van der Waals surface area (Å²) in [4.78, 5) is 18.1. The minimum atomic E-state index is -0.860. The third-order valence-electron chi connectivity index (χ3n) is 10.7. The van der Waals surface area contributed by atoms with Crippen LogP contribution in [-0.2, 0) is 21.4 Å². The van der Waals surface area contributed by atoms with E-state index in [4.69, 9.17) is 21.1 Å². The Kier molecular flexibility index (Phi) is 9.24. The van der Waals surface area contributed by atoms with Crippen LogP contribution >= 0.6 is 11.6 Å². The van der Waals surface area contributed by atoms with Crippen molar-refractivity contribution in [1.82, 2.24) is 4.98 Å². The summed E-state index contributed by atoms with van der Waals surface area (Å²) in [6, 6.07) is 13.9. The fourth-order valence-corrected chi connectivity index (χ4v) is 8.43. The molecule has 6 rings (SSSR count). The first-order valence-corrected chi connectivity index (χ1v) is 17.2. The molecular formula is C39H47ClN2O4. The van der Waals surface area contributed by atoms with E-state index in [1.165, 1.54) is 53.5 Å². The van der Waals surface area contributed by atoms with E-state index >= 15 is 0 Å². The molecule has 3 aliphatic rings. The second-order valence-corrected chi connectivity index (χ2v) is 14.5. The van der Waals surface area contributed by atoms with Crippen molar-refractivity contribution in [3.63, 3.8) is 0 Å². The van der Waals surface area contributed by atoms with Gasteiger partial charge < -0.3 is 19.9 Å². The Bertz CT molecular complexity index is 1640. The number of carbonyl (C=O) groups excluding carboxylic acids is 1. The Morgan fingerprint density at radius 3 is 2.65 bits per heavy atom. The number of aromatic nitrogens is 1. The average molecular weight is 643 g/mol. The molecule has 3 aliphatic carbocycles. The minimum Gasteiger partial charge on any atom is -0.493 e. The van der Waals surface area contributed by atoms with Crippen LogP contribution in [0.25, 0.3) is 6.08 Å². The van der Waals surface area contributed by atoms with Crippen molar-refractivity contribution in [2.45, 2.75) is 102 Å². The molecule has 244 valence electrons. The van der Waals surface area contributed by atoms with Crippen LogP contribution < -0.4 is 10.1 Å². The Morgan fingerprint density at radius 1 is 1.15 bits per heavy atom. The molecule has 1 spiro atoms. The van der Waals surface area contributed by atoms with E-state index in [0.29, 0.717) is 30.4 Å². The van der Waals surface area contributed by atoms with Crippen LogP contribution in [0.4, 0.5) is 5.69 Å². The number of nitrogens with zero attached hydrogens (tertiary/aromatic N) is 1. The van der Waals surface area contributed by atoms with Gasteiger partial charge >= 0.3 is 5.97 Å². The Hall–Kier alpha value is -3.35. The third-order valence-corrected chi connectivity index (χ3v) is 11.0. The highest BCUT2D eigenvalue weighted by Crippen LogP contribution is 2.56. The molecule has 1 saturated carbocycles. The zero-order valence-corrected chi connectivity index (χ0v) is 28.5. The van der Waals surface area contributed by atoms with Gasteiger partial charge in [-0.3, -0.25) is 4.98 Å². The normalized spacial score (nSPS) is 24.8. The number of carbonyl (C=O) groups is 1. The molecule has 0 bridgehead atoms. The van der Waals surface area contributed by atoms with Gasteiger partial charge in [-0.1, -0.05) is 55.3 Å². The SMILES string of the molecule is COC(=O)C1(Nc2cccc(Cl)c2)CCC2(CC1)C(C[C@@H](C)COc1ccnc3c1[C@H](C)CCC3)=Cc1c(C)cc(C(C)O)cc12. The lowest BCUT2D eigenvalue weighted by Gasteiger charge is -2.46. The second kappa shape index (κ2) is 13.0. The van der Waals surface area contributed by atoms with E-state index in [2.05, 4.69) is 49.3 Å². The van der Waals surface area contributed by atoms with Crippen LogP contribution in [0.1, 0.15) is 111 Å². The maximum atomic E-state index is 13.4. The van der Waals surface area contributed by atoms with Gasteiger partial charge in [-0.15, -0.1) is 0 Å². The van der Waals surface area contributed by atoms with Crippen LogP contribution in [0, 0.1) is 12.8 Å². The molecule has 1 unspecified atom stereocenters. The Morgan fingerprint density at radius 2 is 1.93 bits per heavy atom. The van der Waals surface area contributed by atoms with Gasteiger partial charge in [-0.25, -0.2) is 4.79 Å². The summed E-state index contributed by atoms with van der Waals surface area (Å²) in [6.45, 7) is 9.13. The maximum absolute atomic E-state index is 13.4. The largest absolute Gasteiger partial charge is 0.493 e. The zero-order chi connectivity index (χ0) is 32.6. The van der Waals surface area contributed by atoms with Gasteiger partial charge in [0.1, 0.15) is 11.3 Å². The highest BCUT2D eigenvalue weighted by molar-refractivity contribution is 6.30.